The van der Waals surface area contributed by atoms with E-state index in [0.717, 1.165) is 5.56 Å². The number of carbonyl (C=O) groups is 1. The highest BCUT2D eigenvalue weighted by atomic mass is 16.5. The number of aliphatic hydroxyl groups excluding tert-OH is 1. The molecule has 0 saturated carbocycles. The Balaban J connectivity index is 1.81. The van der Waals surface area contributed by atoms with E-state index in [0.29, 0.717) is 0 Å². The summed E-state index contributed by atoms with van der Waals surface area (Å²) in [5, 5.41) is 21.4. The Bertz CT molecular complexity index is 585. The van der Waals surface area contributed by atoms with Gasteiger partial charge in [-0.25, -0.2) is 0 Å². The van der Waals surface area contributed by atoms with E-state index in [1.165, 1.54) is 4.80 Å². The zero-order chi connectivity index (χ0) is 15.2. The summed E-state index contributed by atoms with van der Waals surface area (Å²) < 4.78 is 5.18. The van der Waals surface area contributed by atoms with Crippen LogP contribution in [0.2, 0.25) is 0 Å². The summed E-state index contributed by atoms with van der Waals surface area (Å²) >= 11 is 0. The summed E-state index contributed by atoms with van der Waals surface area (Å²) in [6, 6.07) is 9.44. The Hall–Kier alpha value is -2.28. The fourth-order valence-corrected chi connectivity index (χ4v) is 1.84. The van der Waals surface area contributed by atoms with E-state index in [2.05, 4.69) is 15.4 Å². The largest absolute Gasteiger partial charge is 0.461 e. The average molecular weight is 290 g/mol. The maximum Gasteiger partial charge on any atom is 0.306 e. The first-order valence-corrected chi connectivity index (χ1v) is 6.67. The molecule has 1 aromatic heterocycles. The number of hydrogen-bond acceptors (Lipinski definition) is 6. The number of nitrogens with zero attached hydrogens (tertiary/aromatic N) is 4. The molecular formula is C14H18N4O3. The van der Waals surface area contributed by atoms with Gasteiger partial charge in [-0.3, -0.25) is 4.79 Å². The zero-order valence-electron chi connectivity index (χ0n) is 12.0. The van der Waals surface area contributed by atoms with E-state index >= 15 is 0 Å². The van der Waals surface area contributed by atoms with Gasteiger partial charge in [0.1, 0.15) is 12.7 Å². The van der Waals surface area contributed by atoms with Gasteiger partial charge in [0.25, 0.3) is 0 Å². The van der Waals surface area contributed by atoms with Crippen LogP contribution in [0.5, 0.6) is 0 Å². The SMILES string of the molecule is C[C@H](CC(=O)OCc1ccccc1)[C@H](O)c1nnn(C)n1. The molecule has 0 fully saturated rings. The van der Waals surface area contributed by atoms with Gasteiger partial charge in [-0.1, -0.05) is 37.3 Å². The molecule has 2 aromatic rings. The molecule has 7 heteroatoms. The van der Waals surface area contributed by atoms with E-state index in [1.54, 1.807) is 14.0 Å². The predicted octanol–water partition coefficient (Wildman–Crippen LogP) is 1.01. The van der Waals surface area contributed by atoms with Crippen LogP contribution in [0.25, 0.3) is 0 Å². The van der Waals surface area contributed by atoms with Crippen molar-refractivity contribution in [2.75, 3.05) is 0 Å². The maximum atomic E-state index is 11.8. The number of aryl methyl sites for hydroxylation is 1. The lowest BCUT2D eigenvalue weighted by molar-refractivity contribution is -0.147. The highest BCUT2D eigenvalue weighted by Crippen LogP contribution is 2.21. The Morgan fingerprint density at radius 1 is 1.38 bits per heavy atom. The lowest BCUT2D eigenvalue weighted by Gasteiger charge is -2.14. The highest BCUT2D eigenvalue weighted by Gasteiger charge is 2.24. The topological polar surface area (TPSA) is 90.1 Å². The lowest BCUT2D eigenvalue weighted by Crippen LogP contribution is -2.17. The Labute approximate surface area is 122 Å². The third kappa shape index (κ3) is 4.35. The standard InChI is InChI=1S/C14H18N4O3/c1-10(13(20)14-15-17-18(2)16-14)8-12(19)21-9-11-6-4-3-5-7-11/h3-7,10,13,20H,8-9H2,1-2H3/t10-,13+/m1/s1. The first-order valence-electron chi connectivity index (χ1n) is 6.67. The van der Waals surface area contributed by atoms with Gasteiger partial charge in [0.2, 0.25) is 5.82 Å². The second-order valence-corrected chi connectivity index (χ2v) is 4.91. The van der Waals surface area contributed by atoms with Crippen LogP contribution in [-0.2, 0) is 23.2 Å². The average Bonchev–Trinajstić information content (AvgIpc) is 2.92. The van der Waals surface area contributed by atoms with Crippen LogP contribution in [0, 0.1) is 5.92 Å². The number of aromatic nitrogens is 4. The fourth-order valence-electron chi connectivity index (χ4n) is 1.84. The number of aliphatic hydroxyl groups is 1. The number of rotatable bonds is 6. The van der Waals surface area contributed by atoms with Gasteiger partial charge in [0, 0.05) is 0 Å². The Morgan fingerprint density at radius 2 is 2.10 bits per heavy atom. The Morgan fingerprint density at radius 3 is 2.71 bits per heavy atom. The van der Waals surface area contributed by atoms with Crippen molar-refractivity contribution < 1.29 is 14.6 Å². The van der Waals surface area contributed by atoms with E-state index < -0.39 is 6.10 Å². The molecule has 2 atom stereocenters. The minimum absolute atomic E-state index is 0.0895. The van der Waals surface area contributed by atoms with Crippen molar-refractivity contribution in [3.8, 4) is 0 Å². The lowest BCUT2D eigenvalue weighted by atomic mass is 10.0. The summed E-state index contributed by atoms with van der Waals surface area (Å²) in [4.78, 5) is 13.0. The fraction of sp³-hybridized carbons (Fsp3) is 0.429. The first kappa shape index (κ1) is 15.1. The second kappa shape index (κ2) is 6.94. The molecule has 1 N–H and O–H groups in total. The molecule has 0 aliphatic rings. The predicted molar refractivity (Wildman–Crippen MR) is 73.8 cm³/mol. The van der Waals surface area contributed by atoms with Crippen molar-refractivity contribution in [1.29, 1.82) is 0 Å². The smallest absolute Gasteiger partial charge is 0.306 e. The minimum Gasteiger partial charge on any atom is -0.461 e. The van der Waals surface area contributed by atoms with Crippen LogP contribution in [0.3, 0.4) is 0 Å². The summed E-state index contributed by atoms with van der Waals surface area (Å²) in [5.41, 5.74) is 0.926. The number of hydrogen-bond donors (Lipinski definition) is 1. The zero-order valence-corrected chi connectivity index (χ0v) is 12.0. The molecule has 0 saturated heterocycles. The van der Waals surface area contributed by atoms with Crippen molar-refractivity contribution in [2.45, 2.75) is 26.1 Å². The van der Waals surface area contributed by atoms with Gasteiger partial charge in [-0.2, -0.15) is 4.80 Å². The van der Waals surface area contributed by atoms with Crippen LogP contribution in [0.4, 0.5) is 0 Å². The van der Waals surface area contributed by atoms with Crippen LogP contribution in [0.1, 0.15) is 30.8 Å². The first-order chi connectivity index (χ1) is 10.1. The molecule has 21 heavy (non-hydrogen) atoms. The molecule has 1 heterocycles. The van der Waals surface area contributed by atoms with Gasteiger partial charge < -0.3 is 9.84 Å². The Kier molecular flexibility index (Phi) is 4.99. The molecule has 2 rings (SSSR count). The number of esters is 1. The molecule has 0 aliphatic heterocycles. The summed E-state index contributed by atoms with van der Waals surface area (Å²) in [5.74, 6) is -0.507. The third-order valence-corrected chi connectivity index (χ3v) is 3.06. The van der Waals surface area contributed by atoms with Crippen LogP contribution in [0.15, 0.2) is 30.3 Å². The molecule has 0 bridgehead atoms. The normalized spacial score (nSPS) is 13.7. The molecule has 112 valence electrons. The van der Waals surface area contributed by atoms with E-state index in [4.69, 9.17) is 4.74 Å². The molecule has 0 amide bonds. The quantitative estimate of drug-likeness (QED) is 0.799. The molecule has 0 aliphatic carbocycles. The second-order valence-electron chi connectivity index (χ2n) is 4.91. The number of carbonyl (C=O) groups excluding carboxylic acids is 1. The molecule has 7 nitrogen and oxygen atoms in total. The highest BCUT2D eigenvalue weighted by molar-refractivity contribution is 5.69. The number of benzene rings is 1. The van der Waals surface area contributed by atoms with Gasteiger partial charge >= 0.3 is 5.97 Å². The van der Waals surface area contributed by atoms with Crippen molar-refractivity contribution >= 4 is 5.97 Å². The van der Waals surface area contributed by atoms with Gasteiger partial charge in [0.15, 0.2) is 0 Å². The number of ether oxygens (including phenoxy) is 1. The van der Waals surface area contributed by atoms with Gasteiger partial charge in [-0.05, 0) is 16.7 Å². The van der Waals surface area contributed by atoms with E-state index in [-0.39, 0.29) is 30.7 Å². The van der Waals surface area contributed by atoms with Crippen LogP contribution >= 0.6 is 0 Å². The molecular weight excluding hydrogens is 272 g/mol. The monoisotopic (exact) mass is 290 g/mol. The molecule has 1 aromatic carbocycles. The van der Waals surface area contributed by atoms with Crippen molar-refractivity contribution in [3.05, 3.63) is 41.7 Å². The summed E-state index contributed by atoms with van der Waals surface area (Å²) in [7, 11) is 1.61. The van der Waals surface area contributed by atoms with E-state index in [9.17, 15) is 9.90 Å². The van der Waals surface area contributed by atoms with Gasteiger partial charge in [-0.15, -0.1) is 10.2 Å². The maximum absolute atomic E-state index is 11.8. The summed E-state index contributed by atoms with van der Waals surface area (Å²) in [6.07, 6.45) is -0.852. The van der Waals surface area contributed by atoms with Gasteiger partial charge in [0.05, 0.1) is 13.5 Å². The molecule has 0 unspecified atom stereocenters. The number of tetrazole rings is 1. The van der Waals surface area contributed by atoms with Crippen LogP contribution in [-0.4, -0.2) is 31.3 Å². The molecule has 0 spiro atoms. The molecule has 0 radical (unpaired) electrons. The van der Waals surface area contributed by atoms with Crippen molar-refractivity contribution in [1.82, 2.24) is 20.2 Å². The summed E-state index contributed by atoms with van der Waals surface area (Å²) in [6.45, 7) is 1.97. The van der Waals surface area contributed by atoms with E-state index in [1.807, 2.05) is 30.3 Å². The van der Waals surface area contributed by atoms with Crippen molar-refractivity contribution in [2.24, 2.45) is 13.0 Å². The van der Waals surface area contributed by atoms with Crippen molar-refractivity contribution in [3.63, 3.8) is 0 Å². The van der Waals surface area contributed by atoms with Crippen LogP contribution < -0.4 is 0 Å². The third-order valence-electron chi connectivity index (χ3n) is 3.06. The minimum atomic E-state index is -0.942.